The van der Waals surface area contributed by atoms with Crippen LogP contribution in [0.5, 0.6) is 0 Å². The van der Waals surface area contributed by atoms with Crippen LogP contribution in [-0.2, 0) is 9.59 Å². The number of hydrogen-bond acceptors (Lipinski definition) is 3. The number of carbonyl (C=O) groups is 2. The number of carboxylic acid groups (broad SMARTS) is 1. The highest BCUT2D eigenvalue weighted by Gasteiger charge is 2.53. The van der Waals surface area contributed by atoms with E-state index in [0.29, 0.717) is 35.7 Å². The number of likely N-dealkylation sites (tertiary alicyclic amines) is 1. The molecule has 5 nitrogen and oxygen atoms in total. The lowest BCUT2D eigenvalue weighted by molar-refractivity contribution is -0.160. The summed E-state index contributed by atoms with van der Waals surface area (Å²) in [4.78, 5) is 27.5. The molecule has 2 fully saturated rings. The number of benzene rings is 2. The molecular weight excluding hydrogens is 449 g/mol. The SMILES string of the molecule is C[C@@]1(CC(=O)O)C[C@H](c2cccc(Cl)c2)[C@@H](c2ccc(Cl)cc2)N([C@H]2CC[C@H](O)C2)C1=O. The number of carboxylic acids is 1. The number of nitrogens with zero attached hydrogens (tertiary/aromatic N) is 1. The highest BCUT2D eigenvalue weighted by Crippen LogP contribution is 2.53. The van der Waals surface area contributed by atoms with Crippen LogP contribution in [0.1, 0.15) is 62.1 Å². The van der Waals surface area contributed by atoms with E-state index in [4.69, 9.17) is 23.2 Å². The van der Waals surface area contributed by atoms with E-state index in [0.717, 1.165) is 11.1 Å². The van der Waals surface area contributed by atoms with E-state index in [-0.39, 0.29) is 30.3 Å². The second-order valence-corrected chi connectivity index (χ2v) is 10.2. The summed E-state index contributed by atoms with van der Waals surface area (Å²) in [7, 11) is 0. The molecule has 0 aromatic heterocycles. The molecule has 2 aromatic rings. The molecule has 1 aliphatic carbocycles. The smallest absolute Gasteiger partial charge is 0.304 e. The van der Waals surface area contributed by atoms with Gasteiger partial charge < -0.3 is 15.1 Å². The Kier molecular flexibility index (Phi) is 6.53. The number of aliphatic hydroxyl groups excluding tert-OH is 1. The van der Waals surface area contributed by atoms with Gasteiger partial charge in [-0.1, -0.05) is 54.4 Å². The Hall–Kier alpha value is -2.08. The number of piperidine rings is 1. The predicted octanol–water partition coefficient (Wildman–Crippen LogP) is 5.45. The second-order valence-electron chi connectivity index (χ2n) is 9.33. The van der Waals surface area contributed by atoms with Gasteiger partial charge in [0.1, 0.15) is 0 Å². The molecule has 7 heteroatoms. The van der Waals surface area contributed by atoms with Crippen molar-refractivity contribution in [1.82, 2.24) is 4.90 Å². The van der Waals surface area contributed by atoms with Crippen LogP contribution in [-0.4, -0.2) is 39.1 Å². The van der Waals surface area contributed by atoms with Gasteiger partial charge in [-0.3, -0.25) is 9.59 Å². The van der Waals surface area contributed by atoms with Crippen molar-refractivity contribution in [2.24, 2.45) is 5.41 Å². The Bertz CT molecular complexity index is 1010. The number of carbonyl (C=O) groups excluding carboxylic acids is 1. The molecule has 32 heavy (non-hydrogen) atoms. The standard InChI is InChI=1S/C25H27Cl2NO4/c1-25(14-22(30)31)13-21(16-3-2-4-18(27)11-16)23(15-5-7-17(26)8-6-15)28(24(25)32)19-9-10-20(29)12-19/h2-8,11,19-21,23,29H,9-10,12-14H2,1H3,(H,30,31)/t19-,20-,21+,23+,25-/m0/s1. The molecule has 2 N–H and O–H groups in total. The van der Waals surface area contributed by atoms with Crippen LogP contribution in [0.4, 0.5) is 0 Å². The average Bonchev–Trinajstić information content (AvgIpc) is 3.16. The predicted molar refractivity (Wildman–Crippen MR) is 124 cm³/mol. The lowest BCUT2D eigenvalue weighted by atomic mass is 9.67. The summed E-state index contributed by atoms with van der Waals surface area (Å²) in [5, 5.41) is 21.0. The molecule has 1 saturated carbocycles. The summed E-state index contributed by atoms with van der Waals surface area (Å²) in [6, 6.07) is 14.6. The molecule has 1 aliphatic heterocycles. The Labute approximate surface area is 197 Å². The van der Waals surface area contributed by atoms with Gasteiger partial charge in [0.25, 0.3) is 0 Å². The number of halogens is 2. The van der Waals surface area contributed by atoms with Gasteiger partial charge >= 0.3 is 5.97 Å². The van der Waals surface area contributed by atoms with Crippen LogP contribution in [0.3, 0.4) is 0 Å². The molecule has 170 valence electrons. The maximum absolute atomic E-state index is 13.9. The molecule has 5 atom stereocenters. The van der Waals surface area contributed by atoms with Crippen LogP contribution in [0.25, 0.3) is 0 Å². The van der Waals surface area contributed by atoms with E-state index >= 15 is 0 Å². The largest absolute Gasteiger partial charge is 0.481 e. The van der Waals surface area contributed by atoms with Gasteiger partial charge in [-0.2, -0.15) is 0 Å². The Morgan fingerprint density at radius 1 is 1.09 bits per heavy atom. The summed E-state index contributed by atoms with van der Waals surface area (Å²) in [5.74, 6) is -1.33. The normalized spacial score (nSPS) is 30.5. The van der Waals surface area contributed by atoms with Crippen molar-refractivity contribution in [3.8, 4) is 0 Å². The molecule has 1 heterocycles. The van der Waals surface area contributed by atoms with Crippen LogP contribution in [0.15, 0.2) is 48.5 Å². The van der Waals surface area contributed by atoms with Crippen molar-refractivity contribution in [3.05, 3.63) is 69.7 Å². The van der Waals surface area contributed by atoms with Crippen molar-refractivity contribution in [1.29, 1.82) is 0 Å². The Morgan fingerprint density at radius 2 is 1.81 bits per heavy atom. The topological polar surface area (TPSA) is 77.8 Å². The molecule has 2 aliphatic rings. The van der Waals surface area contributed by atoms with Crippen LogP contribution < -0.4 is 0 Å². The lowest BCUT2D eigenvalue weighted by Crippen LogP contribution is -2.55. The third kappa shape index (κ3) is 4.52. The third-order valence-corrected chi connectivity index (χ3v) is 7.39. The maximum Gasteiger partial charge on any atom is 0.304 e. The first-order valence-corrected chi connectivity index (χ1v) is 11.7. The minimum absolute atomic E-state index is 0.158. The molecule has 0 spiro atoms. The summed E-state index contributed by atoms with van der Waals surface area (Å²) in [6.07, 6.45) is 1.47. The van der Waals surface area contributed by atoms with Crippen LogP contribution in [0, 0.1) is 5.41 Å². The number of hydrogen-bond donors (Lipinski definition) is 2. The highest BCUT2D eigenvalue weighted by atomic mass is 35.5. The van der Waals surface area contributed by atoms with E-state index in [1.165, 1.54) is 0 Å². The number of rotatable bonds is 5. The van der Waals surface area contributed by atoms with Gasteiger partial charge in [-0.05, 0) is 61.1 Å². The van der Waals surface area contributed by atoms with Gasteiger partial charge in [0, 0.05) is 22.0 Å². The zero-order chi connectivity index (χ0) is 23.0. The molecule has 0 bridgehead atoms. The number of aliphatic hydroxyl groups is 1. The quantitative estimate of drug-likeness (QED) is 0.602. The zero-order valence-corrected chi connectivity index (χ0v) is 19.4. The fraction of sp³-hybridized carbons (Fsp3) is 0.440. The number of amides is 1. The van der Waals surface area contributed by atoms with Gasteiger partial charge in [0.15, 0.2) is 0 Å². The first-order valence-electron chi connectivity index (χ1n) is 10.9. The van der Waals surface area contributed by atoms with E-state index in [2.05, 4.69) is 0 Å². The van der Waals surface area contributed by atoms with Crippen molar-refractivity contribution >= 4 is 35.1 Å². The molecular formula is C25H27Cl2NO4. The molecule has 1 saturated heterocycles. The fourth-order valence-corrected chi connectivity index (χ4v) is 5.79. The van der Waals surface area contributed by atoms with Crippen molar-refractivity contribution in [2.45, 2.75) is 63.1 Å². The van der Waals surface area contributed by atoms with Crippen molar-refractivity contribution in [2.75, 3.05) is 0 Å². The summed E-state index contributed by atoms with van der Waals surface area (Å²) >= 11 is 12.5. The molecule has 0 radical (unpaired) electrons. The molecule has 0 unspecified atom stereocenters. The highest BCUT2D eigenvalue weighted by molar-refractivity contribution is 6.30. The van der Waals surface area contributed by atoms with Crippen molar-refractivity contribution < 1.29 is 19.8 Å². The molecule has 2 aromatic carbocycles. The van der Waals surface area contributed by atoms with E-state index in [1.54, 1.807) is 13.0 Å². The molecule has 1 amide bonds. The number of aliphatic carboxylic acids is 1. The fourth-order valence-electron chi connectivity index (χ4n) is 5.47. The first-order chi connectivity index (χ1) is 15.2. The van der Waals surface area contributed by atoms with Gasteiger partial charge in [0.2, 0.25) is 5.91 Å². The van der Waals surface area contributed by atoms with E-state index < -0.39 is 17.5 Å². The van der Waals surface area contributed by atoms with Gasteiger partial charge in [0.05, 0.1) is 24.0 Å². The van der Waals surface area contributed by atoms with Gasteiger partial charge in [-0.25, -0.2) is 0 Å². The average molecular weight is 476 g/mol. The zero-order valence-electron chi connectivity index (χ0n) is 17.9. The van der Waals surface area contributed by atoms with E-state index in [1.807, 2.05) is 47.4 Å². The monoisotopic (exact) mass is 475 g/mol. The summed E-state index contributed by atoms with van der Waals surface area (Å²) in [6.45, 7) is 1.75. The summed E-state index contributed by atoms with van der Waals surface area (Å²) in [5.41, 5.74) is 0.839. The minimum Gasteiger partial charge on any atom is -0.481 e. The maximum atomic E-state index is 13.9. The van der Waals surface area contributed by atoms with Crippen LogP contribution >= 0.6 is 23.2 Å². The minimum atomic E-state index is -1.06. The lowest BCUT2D eigenvalue weighted by Gasteiger charge is -2.51. The Morgan fingerprint density at radius 3 is 2.41 bits per heavy atom. The van der Waals surface area contributed by atoms with Gasteiger partial charge in [-0.15, -0.1) is 0 Å². The van der Waals surface area contributed by atoms with Crippen molar-refractivity contribution in [3.63, 3.8) is 0 Å². The molecule has 4 rings (SSSR count). The Balaban J connectivity index is 1.88. The van der Waals surface area contributed by atoms with E-state index in [9.17, 15) is 19.8 Å². The van der Waals surface area contributed by atoms with Crippen LogP contribution in [0.2, 0.25) is 10.0 Å². The first kappa shape index (κ1) is 23.1. The third-order valence-electron chi connectivity index (χ3n) is 6.90. The summed E-state index contributed by atoms with van der Waals surface area (Å²) < 4.78 is 0. The second kappa shape index (κ2) is 9.05.